The lowest BCUT2D eigenvalue weighted by molar-refractivity contribution is 0.0902. The van der Waals surface area contributed by atoms with Crippen LogP contribution in [0.4, 0.5) is 4.79 Å². The molecule has 1 heterocycles. The number of carbonyl (C=O) groups is 1. The highest BCUT2D eigenvalue weighted by molar-refractivity contribution is 5.74. The summed E-state index contributed by atoms with van der Waals surface area (Å²) in [6, 6.07) is 6.64. The maximum Gasteiger partial charge on any atom is 0.317 e. The number of ether oxygens (including phenoxy) is 1. The number of aryl methyl sites for hydroxylation is 2. The maximum absolute atomic E-state index is 12.1. The monoisotopic (exact) mass is 302 g/mol. The van der Waals surface area contributed by atoms with Crippen molar-refractivity contribution in [3.8, 4) is 0 Å². The Bertz CT molecular complexity index is 524. The van der Waals surface area contributed by atoms with E-state index in [1.165, 1.54) is 42.4 Å². The lowest BCUT2D eigenvalue weighted by atomic mass is 9.89. The number of rotatable bonds is 4. The van der Waals surface area contributed by atoms with Crippen LogP contribution < -0.4 is 10.6 Å². The van der Waals surface area contributed by atoms with Crippen molar-refractivity contribution < 1.29 is 9.53 Å². The smallest absolute Gasteiger partial charge is 0.317 e. The van der Waals surface area contributed by atoms with Crippen LogP contribution in [0.2, 0.25) is 0 Å². The third kappa shape index (κ3) is 3.61. The Labute approximate surface area is 132 Å². The SMILES string of the molecule is CCC(NC(=O)NC1CCCO1)c1ccc2c(c1)CCCC2. The quantitative estimate of drug-likeness (QED) is 0.895. The van der Waals surface area contributed by atoms with Crippen molar-refractivity contribution in [2.45, 2.75) is 64.1 Å². The Morgan fingerprint density at radius 1 is 1.27 bits per heavy atom. The topological polar surface area (TPSA) is 50.4 Å². The zero-order valence-corrected chi connectivity index (χ0v) is 13.4. The Balaban J connectivity index is 1.64. The molecule has 1 aromatic carbocycles. The second kappa shape index (κ2) is 7.14. The fourth-order valence-electron chi connectivity index (χ4n) is 3.43. The van der Waals surface area contributed by atoms with Crippen molar-refractivity contribution in [1.82, 2.24) is 10.6 Å². The number of benzene rings is 1. The fourth-order valence-corrected chi connectivity index (χ4v) is 3.43. The minimum absolute atomic E-state index is 0.0635. The van der Waals surface area contributed by atoms with Crippen LogP contribution in [0.5, 0.6) is 0 Å². The summed E-state index contributed by atoms with van der Waals surface area (Å²) in [6.07, 6.45) is 7.63. The first-order chi connectivity index (χ1) is 10.8. The van der Waals surface area contributed by atoms with Gasteiger partial charge in [0.05, 0.1) is 6.04 Å². The molecule has 2 unspecified atom stereocenters. The zero-order chi connectivity index (χ0) is 15.4. The lowest BCUT2D eigenvalue weighted by Gasteiger charge is -2.22. The van der Waals surface area contributed by atoms with Gasteiger partial charge in [-0.2, -0.15) is 0 Å². The molecule has 1 aromatic rings. The van der Waals surface area contributed by atoms with E-state index in [-0.39, 0.29) is 18.3 Å². The van der Waals surface area contributed by atoms with Crippen LogP contribution >= 0.6 is 0 Å². The van der Waals surface area contributed by atoms with Gasteiger partial charge in [-0.05, 0) is 61.6 Å². The second-order valence-electron chi connectivity index (χ2n) is 6.32. The molecule has 2 amide bonds. The summed E-state index contributed by atoms with van der Waals surface area (Å²) in [5.41, 5.74) is 4.16. The highest BCUT2D eigenvalue weighted by Gasteiger charge is 2.20. The molecule has 0 saturated carbocycles. The molecule has 4 nitrogen and oxygen atoms in total. The number of urea groups is 1. The van der Waals surface area contributed by atoms with Crippen molar-refractivity contribution in [3.63, 3.8) is 0 Å². The van der Waals surface area contributed by atoms with Crippen molar-refractivity contribution in [1.29, 1.82) is 0 Å². The van der Waals surface area contributed by atoms with Gasteiger partial charge in [0.15, 0.2) is 0 Å². The number of amides is 2. The molecule has 0 bridgehead atoms. The van der Waals surface area contributed by atoms with E-state index in [0.29, 0.717) is 0 Å². The summed E-state index contributed by atoms with van der Waals surface area (Å²) in [6.45, 7) is 2.85. The summed E-state index contributed by atoms with van der Waals surface area (Å²) < 4.78 is 5.45. The van der Waals surface area contributed by atoms with Gasteiger partial charge in [0.25, 0.3) is 0 Å². The summed E-state index contributed by atoms with van der Waals surface area (Å²) >= 11 is 0. The normalized spacial score (nSPS) is 22.0. The zero-order valence-electron chi connectivity index (χ0n) is 13.4. The van der Waals surface area contributed by atoms with E-state index in [1.807, 2.05) is 0 Å². The van der Waals surface area contributed by atoms with Crippen LogP contribution in [-0.4, -0.2) is 18.9 Å². The maximum atomic E-state index is 12.1. The molecule has 3 rings (SSSR count). The van der Waals surface area contributed by atoms with Crippen LogP contribution in [-0.2, 0) is 17.6 Å². The average molecular weight is 302 g/mol. The van der Waals surface area contributed by atoms with E-state index >= 15 is 0 Å². The van der Waals surface area contributed by atoms with Crippen LogP contribution in [0.3, 0.4) is 0 Å². The summed E-state index contributed by atoms with van der Waals surface area (Å²) in [4.78, 5) is 12.1. The molecule has 4 heteroatoms. The molecule has 1 fully saturated rings. The Morgan fingerprint density at radius 2 is 2.09 bits per heavy atom. The van der Waals surface area contributed by atoms with Crippen LogP contribution in [0.25, 0.3) is 0 Å². The minimum atomic E-state index is -0.128. The molecule has 0 spiro atoms. The number of carbonyl (C=O) groups excluding carboxylic acids is 1. The number of hydrogen-bond acceptors (Lipinski definition) is 2. The van der Waals surface area contributed by atoms with Gasteiger partial charge in [0.2, 0.25) is 0 Å². The van der Waals surface area contributed by atoms with E-state index in [0.717, 1.165) is 25.9 Å². The van der Waals surface area contributed by atoms with Crippen molar-refractivity contribution in [2.75, 3.05) is 6.61 Å². The molecule has 2 aliphatic rings. The molecule has 0 radical (unpaired) electrons. The van der Waals surface area contributed by atoms with Crippen LogP contribution in [0, 0.1) is 0 Å². The van der Waals surface area contributed by atoms with Gasteiger partial charge < -0.3 is 15.4 Å². The first-order valence-electron chi connectivity index (χ1n) is 8.56. The summed E-state index contributed by atoms with van der Waals surface area (Å²) in [7, 11) is 0. The second-order valence-corrected chi connectivity index (χ2v) is 6.32. The standard InChI is InChI=1S/C18H26N2O2/c1-2-16(19-18(21)20-17-8-5-11-22-17)15-10-9-13-6-3-4-7-14(13)12-15/h9-10,12,16-17H,2-8,11H2,1H3,(H2,19,20,21). The molecule has 2 N–H and O–H groups in total. The van der Waals surface area contributed by atoms with Gasteiger partial charge in [-0.1, -0.05) is 25.1 Å². The molecule has 0 aromatic heterocycles. The third-order valence-electron chi connectivity index (χ3n) is 4.71. The predicted octanol–water partition coefficient (Wildman–Crippen LogP) is 3.45. The fraction of sp³-hybridized carbons (Fsp3) is 0.611. The minimum Gasteiger partial charge on any atom is -0.358 e. The predicted molar refractivity (Wildman–Crippen MR) is 86.8 cm³/mol. The number of nitrogens with one attached hydrogen (secondary N) is 2. The highest BCUT2D eigenvalue weighted by Crippen LogP contribution is 2.26. The molecule has 1 saturated heterocycles. The number of hydrogen-bond donors (Lipinski definition) is 2. The van der Waals surface area contributed by atoms with Crippen LogP contribution in [0.15, 0.2) is 18.2 Å². The highest BCUT2D eigenvalue weighted by atomic mass is 16.5. The Morgan fingerprint density at radius 3 is 2.82 bits per heavy atom. The third-order valence-corrected chi connectivity index (χ3v) is 4.71. The Kier molecular flexibility index (Phi) is 4.98. The molecule has 1 aliphatic carbocycles. The molecule has 1 aliphatic heterocycles. The molecular weight excluding hydrogens is 276 g/mol. The van der Waals surface area contributed by atoms with E-state index in [2.05, 4.69) is 35.8 Å². The molecule has 22 heavy (non-hydrogen) atoms. The molecule has 2 atom stereocenters. The van der Waals surface area contributed by atoms with Gasteiger partial charge >= 0.3 is 6.03 Å². The van der Waals surface area contributed by atoms with Crippen LogP contribution in [0.1, 0.15) is 61.8 Å². The first-order valence-corrected chi connectivity index (χ1v) is 8.56. The van der Waals surface area contributed by atoms with Crippen molar-refractivity contribution >= 4 is 6.03 Å². The molecule has 120 valence electrons. The van der Waals surface area contributed by atoms with Gasteiger partial charge in [0, 0.05) is 6.61 Å². The van der Waals surface area contributed by atoms with E-state index in [9.17, 15) is 4.79 Å². The van der Waals surface area contributed by atoms with E-state index < -0.39 is 0 Å². The largest absolute Gasteiger partial charge is 0.358 e. The summed E-state index contributed by atoms with van der Waals surface area (Å²) in [5.74, 6) is 0. The van der Waals surface area contributed by atoms with Gasteiger partial charge in [0.1, 0.15) is 6.23 Å². The Hall–Kier alpha value is -1.55. The van der Waals surface area contributed by atoms with E-state index in [1.54, 1.807) is 0 Å². The van der Waals surface area contributed by atoms with Gasteiger partial charge in [-0.3, -0.25) is 0 Å². The lowest BCUT2D eigenvalue weighted by Crippen LogP contribution is -2.43. The van der Waals surface area contributed by atoms with Crippen molar-refractivity contribution in [3.05, 3.63) is 34.9 Å². The first kappa shape index (κ1) is 15.3. The summed E-state index contributed by atoms with van der Waals surface area (Å²) in [5, 5.41) is 5.99. The molecular formula is C18H26N2O2. The average Bonchev–Trinajstić information content (AvgIpc) is 3.05. The van der Waals surface area contributed by atoms with Crippen molar-refractivity contribution in [2.24, 2.45) is 0 Å². The number of fused-ring (bicyclic) bond motifs is 1. The van der Waals surface area contributed by atoms with Gasteiger partial charge in [-0.25, -0.2) is 4.79 Å². The van der Waals surface area contributed by atoms with Gasteiger partial charge in [-0.15, -0.1) is 0 Å². The van der Waals surface area contributed by atoms with E-state index in [4.69, 9.17) is 4.74 Å².